The number of aromatic nitrogens is 1. The first-order chi connectivity index (χ1) is 30.4. The molecular weight excluding hydrogens is 701 g/mol. The summed E-state index contributed by atoms with van der Waals surface area (Å²) >= 11 is 0. The van der Waals surface area contributed by atoms with Crippen LogP contribution >= 0.6 is 0 Å². The van der Waals surface area contributed by atoms with Crippen molar-refractivity contribution < 1.29 is 5.48 Å². The number of anilines is 3. The van der Waals surface area contributed by atoms with E-state index in [9.17, 15) is 5.48 Å². The van der Waals surface area contributed by atoms with Gasteiger partial charge < -0.3 is 9.47 Å². The number of hydrogen-bond acceptors (Lipinski definition) is 1. The van der Waals surface area contributed by atoms with Crippen LogP contribution in [0.3, 0.4) is 0 Å². The molecule has 0 amide bonds. The Hall–Kier alpha value is -7.68. The Labute approximate surface area is 343 Å². The smallest absolute Gasteiger partial charge is 0.0645 e. The average Bonchev–Trinajstić information content (AvgIpc) is 3.67. The lowest BCUT2D eigenvalue weighted by molar-refractivity contribution is 1.18. The van der Waals surface area contributed by atoms with Crippen molar-refractivity contribution in [2.24, 2.45) is 0 Å². The van der Waals surface area contributed by atoms with Crippen LogP contribution in [0.25, 0.3) is 82.4 Å². The molecule has 2 nitrogen and oxygen atoms in total. The topological polar surface area (TPSA) is 8.17 Å². The molecular formula is C56H38N2. The van der Waals surface area contributed by atoms with E-state index in [2.05, 4.69) is 138 Å². The Kier molecular flexibility index (Phi) is 7.20. The average molecular weight is 743 g/mol. The molecule has 1 heterocycles. The van der Waals surface area contributed by atoms with Crippen LogP contribution < -0.4 is 4.90 Å². The maximum atomic E-state index is 9.58. The van der Waals surface area contributed by atoms with Crippen molar-refractivity contribution in [3.63, 3.8) is 0 Å². The summed E-state index contributed by atoms with van der Waals surface area (Å²) in [4.78, 5) is 1.86. The maximum Gasteiger partial charge on any atom is 0.0645 e. The Morgan fingerprint density at radius 3 is 1.38 bits per heavy atom. The van der Waals surface area contributed by atoms with Gasteiger partial charge in [-0.05, 0) is 116 Å². The van der Waals surface area contributed by atoms with Crippen LogP contribution in [0, 0.1) is 0 Å². The predicted octanol–water partition coefficient (Wildman–Crippen LogP) is 15.6. The summed E-state index contributed by atoms with van der Waals surface area (Å²) in [7, 11) is 0. The molecule has 2 heteroatoms. The van der Waals surface area contributed by atoms with Crippen molar-refractivity contribution in [3.8, 4) is 39.1 Å². The highest BCUT2D eigenvalue weighted by Gasteiger charge is 2.16. The molecule has 0 N–H and O–H groups in total. The second kappa shape index (κ2) is 14.1. The molecule has 0 spiro atoms. The largest absolute Gasteiger partial charge is 0.311 e. The lowest BCUT2D eigenvalue weighted by Crippen LogP contribution is -2.09. The monoisotopic (exact) mass is 742 g/mol. The summed E-state index contributed by atoms with van der Waals surface area (Å²) in [5.41, 5.74) is 10.1. The fourth-order valence-electron chi connectivity index (χ4n) is 8.50. The van der Waals surface area contributed by atoms with Crippen LogP contribution in [0.2, 0.25) is 0 Å². The molecule has 0 radical (unpaired) electrons. The third kappa shape index (κ3) is 5.82. The van der Waals surface area contributed by atoms with Crippen LogP contribution in [0.15, 0.2) is 230 Å². The molecule has 0 unspecified atom stereocenters. The SMILES string of the molecule is [2H]c1c([2H])c(N(c2ccc(-c3cccc(-n4c5ccccc5c5ccccc54)c3)cc2)c2ccc(-c3cccc4ccccc34)cc2)c([2H])c([2H])c1-c1cccc2ccccc12. The Balaban J connectivity index is 1.04. The number of benzene rings is 10. The highest BCUT2D eigenvalue weighted by atomic mass is 15.1. The zero-order valence-electron chi connectivity index (χ0n) is 35.5. The maximum absolute atomic E-state index is 9.58. The zero-order chi connectivity index (χ0) is 41.9. The van der Waals surface area contributed by atoms with Gasteiger partial charge in [0.1, 0.15) is 0 Å². The molecule has 0 aliphatic rings. The summed E-state index contributed by atoms with van der Waals surface area (Å²) in [5.74, 6) is 0. The minimum absolute atomic E-state index is 0.0896. The van der Waals surface area contributed by atoms with Gasteiger partial charge in [-0.1, -0.05) is 170 Å². The van der Waals surface area contributed by atoms with Crippen molar-refractivity contribution in [1.82, 2.24) is 4.57 Å². The van der Waals surface area contributed by atoms with Crippen molar-refractivity contribution >= 4 is 60.4 Å². The molecule has 1 aromatic heterocycles. The van der Waals surface area contributed by atoms with Gasteiger partial charge in [0.25, 0.3) is 0 Å². The number of para-hydroxylation sites is 2. The van der Waals surface area contributed by atoms with Gasteiger partial charge in [0.05, 0.1) is 16.5 Å². The van der Waals surface area contributed by atoms with Crippen LogP contribution in [0.5, 0.6) is 0 Å². The van der Waals surface area contributed by atoms with E-state index >= 15 is 0 Å². The van der Waals surface area contributed by atoms with Crippen molar-refractivity contribution in [3.05, 3.63) is 230 Å². The molecule has 0 bridgehead atoms. The van der Waals surface area contributed by atoms with Gasteiger partial charge in [-0.15, -0.1) is 0 Å². The van der Waals surface area contributed by atoms with E-state index in [1.54, 1.807) is 0 Å². The van der Waals surface area contributed by atoms with Crippen molar-refractivity contribution in [2.75, 3.05) is 4.90 Å². The van der Waals surface area contributed by atoms with Gasteiger partial charge in [0, 0.05) is 33.5 Å². The number of fused-ring (bicyclic) bond motifs is 5. The lowest BCUT2D eigenvalue weighted by Gasteiger charge is -2.26. The normalized spacial score (nSPS) is 12.4. The highest BCUT2D eigenvalue weighted by molar-refractivity contribution is 6.09. The van der Waals surface area contributed by atoms with Crippen molar-refractivity contribution in [1.29, 1.82) is 0 Å². The molecule has 11 aromatic rings. The molecule has 0 fully saturated rings. The standard InChI is InChI=1S/C56H38N2/c1-3-18-49-40(12-1)14-10-22-51(49)42-28-34-46(35-29-42)57(47-36-30-43(31-37-47)52-23-11-15-41-13-2-4-19-50(41)52)45-32-26-39(27-33-45)44-16-9-17-48(38-44)58-55-24-7-5-20-53(55)54-21-6-8-25-56(54)58/h1-38H/i28D,29D,34D,35D. The van der Waals surface area contributed by atoms with E-state index in [0.29, 0.717) is 16.9 Å². The summed E-state index contributed by atoms with van der Waals surface area (Å²) < 4.78 is 40.3. The predicted molar refractivity (Wildman–Crippen MR) is 247 cm³/mol. The second-order valence-corrected chi connectivity index (χ2v) is 14.6. The van der Waals surface area contributed by atoms with Crippen LogP contribution in [-0.2, 0) is 0 Å². The zero-order valence-corrected chi connectivity index (χ0v) is 31.5. The van der Waals surface area contributed by atoms with Gasteiger partial charge >= 0.3 is 0 Å². The number of rotatable bonds is 7. The summed E-state index contributed by atoms with van der Waals surface area (Å²) in [5, 5.41) is 6.58. The van der Waals surface area contributed by atoms with Crippen LogP contribution in [0.4, 0.5) is 17.1 Å². The molecule has 0 aliphatic carbocycles. The highest BCUT2D eigenvalue weighted by Crippen LogP contribution is 2.40. The van der Waals surface area contributed by atoms with E-state index in [-0.39, 0.29) is 35.4 Å². The summed E-state index contributed by atoms with van der Waals surface area (Å²) in [6.07, 6.45) is 0. The molecule has 0 aliphatic heterocycles. The van der Waals surface area contributed by atoms with E-state index < -0.39 is 0 Å². The van der Waals surface area contributed by atoms with Crippen LogP contribution in [0.1, 0.15) is 5.48 Å². The molecule has 58 heavy (non-hydrogen) atoms. The fourth-order valence-corrected chi connectivity index (χ4v) is 8.50. The minimum Gasteiger partial charge on any atom is -0.311 e. The third-order valence-electron chi connectivity index (χ3n) is 11.3. The van der Waals surface area contributed by atoms with Gasteiger partial charge in [0.15, 0.2) is 0 Å². The molecule has 0 atom stereocenters. The first-order valence-electron chi connectivity index (χ1n) is 21.6. The Bertz CT molecular complexity index is 3420. The molecule has 0 saturated carbocycles. The van der Waals surface area contributed by atoms with E-state index in [1.807, 2.05) is 77.7 Å². The lowest BCUT2D eigenvalue weighted by atomic mass is 9.97. The quantitative estimate of drug-likeness (QED) is 0.158. The van der Waals surface area contributed by atoms with Gasteiger partial charge in [-0.3, -0.25) is 0 Å². The summed E-state index contributed by atoms with van der Waals surface area (Å²) in [6.45, 7) is 0. The molecule has 10 aromatic carbocycles. The molecule has 0 saturated heterocycles. The first-order valence-corrected chi connectivity index (χ1v) is 19.6. The van der Waals surface area contributed by atoms with Gasteiger partial charge in [-0.25, -0.2) is 0 Å². The summed E-state index contributed by atoms with van der Waals surface area (Å²) in [6, 6.07) is 69.8. The Morgan fingerprint density at radius 2 is 0.793 bits per heavy atom. The second-order valence-electron chi connectivity index (χ2n) is 14.6. The Morgan fingerprint density at radius 1 is 0.328 bits per heavy atom. The van der Waals surface area contributed by atoms with E-state index in [4.69, 9.17) is 0 Å². The number of nitrogens with zero attached hydrogens (tertiary/aromatic N) is 2. The molecule has 272 valence electrons. The number of hydrogen-bond donors (Lipinski definition) is 0. The first kappa shape index (κ1) is 29.6. The van der Waals surface area contributed by atoms with E-state index in [1.165, 1.54) is 10.8 Å². The van der Waals surface area contributed by atoms with Gasteiger partial charge in [-0.2, -0.15) is 0 Å². The van der Waals surface area contributed by atoms with Gasteiger partial charge in [0.2, 0.25) is 0 Å². The van der Waals surface area contributed by atoms with E-state index in [0.717, 1.165) is 60.5 Å². The minimum atomic E-state index is -0.116. The van der Waals surface area contributed by atoms with Crippen molar-refractivity contribution in [2.45, 2.75) is 0 Å². The fraction of sp³-hybridized carbons (Fsp3) is 0. The molecule has 11 rings (SSSR count). The third-order valence-corrected chi connectivity index (χ3v) is 11.3. The van der Waals surface area contributed by atoms with Crippen LogP contribution in [-0.4, -0.2) is 4.57 Å².